The van der Waals surface area contributed by atoms with Gasteiger partial charge in [0.15, 0.2) is 0 Å². The van der Waals surface area contributed by atoms with Crippen molar-refractivity contribution in [2.45, 2.75) is 12.3 Å². The lowest BCUT2D eigenvalue weighted by Crippen LogP contribution is -2.26. The highest BCUT2D eigenvalue weighted by Crippen LogP contribution is 2.53. The highest BCUT2D eigenvalue weighted by atomic mass is 16.4. The maximum atomic E-state index is 12.2. The first-order valence-corrected chi connectivity index (χ1v) is 11.5. The molecule has 0 aliphatic heterocycles. The Labute approximate surface area is 217 Å². The van der Waals surface area contributed by atoms with Gasteiger partial charge >= 0.3 is 23.9 Å². The molecule has 0 fully saturated rings. The Morgan fingerprint density at radius 3 is 1.63 bits per heavy atom. The van der Waals surface area contributed by atoms with Gasteiger partial charge in [-0.3, -0.25) is 0 Å². The molecule has 0 aromatic heterocycles. The van der Waals surface area contributed by atoms with Crippen LogP contribution in [0.15, 0.2) is 102 Å². The van der Waals surface area contributed by atoms with E-state index < -0.39 is 51.6 Å². The predicted octanol–water partition coefficient (Wildman–Crippen LogP) is 5.00. The van der Waals surface area contributed by atoms with Gasteiger partial charge in [-0.15, -0.1) is 0 Å². The zero-order chi connectivity index (χ0) is 27.6. The summed E-state index contributed by atoms with van der Waals surface area (Å²) in [6.45, 7) is 1.56. The van der Waals surface area contributed by atoms with E-state index in [4.69, 9.17) is 0 Å². The predicted molar refractivity (Wildman–Crippen MR) is 138 cm³/mol. The third-order valence-electron chi connectivity index (χ3n) is 6.51. The van der Waals surface area contributed by atoms with Gasteiger partial charge in [0.2, 0.25) is 0 Å². The molecule has 0 spiro atoms. The summed E-state index contributed by atoms with van der Waals surface area (Å²) >= 11 is 0. The Bertz CT molecular complexity index is 1540. The molecule has 0 unspecified atom stereocenters. The van der Waals surface area contributed by atoms with E-state index in [1.54, 1.807) is 19.1 Å². The number of aromatic carboxylic acids is 2. The number of rotatable bonds is 8. The topological polar surface area (TPSA) is 149 Å². The van der Waals surface area contributed by atoms with Crippen LogP contribution in [0.5, 0.6) is 0 Å². The van der Waals surface area contributed by atoms with E-state index >= 15 is 0 Å². The van der Waals surface area contributed by atoms with Crippen molar-refractivity contribution >= 4 is 23.9 Å². The molecule has 38 heavy (non-hydrogen) atoms. The van der Waals surface area contributed by atoms with E-state index in [0.717, 1.165) is 11.1 Å². The Hall–Kier alpha value is -5.24. The molecule has 0 amide bonds. The summed E-state index contributed by atoms with van der Waals surface area (Å²) in [5.74, 6) is -5.72. The van der Waals surface area contributed by atoms with Crippen LogP contribution in [0.25, 0.3) is 11.1 Å². The molecule has 0 radical (unpaired) electrons. The van der Waals surface area contributed by atoms with E-state index in [0.29, 0.717) is 16.7 Å². The lowest BCUT2D eigenvalue weighted by Gasteiger charge is -2.30. The standard InChI is InChI=1S/C30H22O8/c1-2-7-20(26(31)32)22(28(35)36)14-15-30(17-12-13-21(27(33)34)23(16-17)29(37)38)24-10-5-3-8-18(24)19-9-4-6-11-25(19)30/h2-16H,1H3,(H,31,32)(H,33,34)(H,35,36)(H,37,38)/b7-2-,15-14+,22-20-. The van der Waals surface area contributed by atoms with Crippen LogP contribution < -0.4 is 0 Å². The second-order valence-electron chi connectivity index (χ2n) is 8.54. The van der Waals surface area contributed by atoms with Crippen LogP contribution in [-0.2, 0) is 15.0 Å². The average Bonchev–Trinajstić information content (AvgIpc) is 3.18. The summed E-state index contributed by atoms with van der Waals surface area (Å²) < 4.78 is 0. The van der Waals surface area contributed by atoms with Crippen molar-refractivity contribution in [2.24, 2.45) is 0 Å². The van der Waals surface area contributed by atoms with Crippen molar-refractivity contribution in [3.8, 4) is 11.1 Å². The number of aliphatic carboxylic acids is 2. The molecule has 1 aliphatic rings. The Morgan fingerprint density at radius 2 is 1.16 bits per heavy atom. The van der Waals surface area contributed by atoms with Gasteiger partial charge in [-0.2, -0.15) is 0 Å². The van der Waals surface area contributed by atoms with Crippen LogP contribution in [0.4, 0.5) is 0 Å². The van der Waals surface area contributed by atoms with Gasteiger partial charge in [-0.25, -0.2) is 19.2 Å². The van der Waals surface area contributed by atoms with E-state index in [-0.39, 0.29) is 0 Å². The molecule has 8 nitrogen and oxygen atoms in total. The Balaban J connectivity index is 2.14. The fraction of sp³-hybridized carbons (Fsp3) is 0.0667. The SMILES string of the molecule is C\C=C/C(C(=O)O)=C(\C=C\C1(c2ccc(C(=O)O)c(C(=O)O)c2)c2ccccc2-c2ccccc21)C(=O)O. The Morgan fingerprint density at radius 1 is 0.658 bits per heavy atom. The molecule has 0 bridgehead atoms. The van der Waals surface area contributed by atoms with Gasteiger partial charge in [0.05, 0.1) is 27.7 Å². The zero-order valence-electron chi connectivity index (χ0n) is 20.1. The number of hydrogen-bond acceptors (Lipinski definition) is 4. The highest BCUT2D eigenvalue weighted by molar-refractivity contribution is 6.03. The maximum absolute atomic E-state index is 12.2. The number of carbonyl (C=O) groups is 4. The molecule has 0 saturated carbocycles. The molecule has 0 heterocycles. The molecule has 4 N–H and O–H groups in total. The minimum atomic E-state index is -1.46. The van der Waals surface area contributed by atoms with Crippen LogP contribution in [-0.4, -0.2) is 44.3 Å². The first kappa shape index (κ1) is 25.8. The second kappa shape index (κ2) is 10.0. The van der Waals surface area contributed by atoms with Gasteiger partial charge in [0.25, 0.3) is 0 Å². The molecular weight excluding hydrogens is 488 g/mol. The first-order chi connectivity index (χ1) is 18.1. The number of carboxylic acid groups (broad SMARTS) is 4. The molecule has 3 aromatic rings. The summed E-state index contributed by atoms with van der Waals surface area (Å²) in [6, 6.07) is 18.6. The van der Waals surface area contributed by atoms with Crippen molar-refractivity contribution in [3.63, 3.8) is 0 Å². The van der Waals surface area contributed by atoms with Gasteiger partial charge in [-0.1, -0.05) is 72.8 Å². The van der Waals surface area contributed by atoms with Crippen molar-refractivity contribution in [1.82, 2.24) is 0 Å². The summed E-state index contributed by atoms with van der Waals surface area (Å²) in [5.41, 5.74) is 0.422. The molecular formula is C30H22O8. The summed E-state index contributed by atoms with van der Waals surface area (Å²) in [4.78, 5) is 47.8. The van der Waals surface area contributed by atoms with Gasteiger partial charge < -0.3 is 20.4 Å². The van der Waals surface area contributed by atoms with E-state index in [1.165, 1.54) is 42.5 Å². The summed E-state index contributed by atoms with van der Waals surface area (Å²) in [6.07, 6.45) is 5.34. The molecule has 8 heteroatoms. The van der Waals surface area contributed by atoms with E-state index in [1.807, 2.05) is 36.4 Å². The van der Waals surface area contributed by atoms with Gasteiger partial charge in [0.1, 0.15) is 0 Å². The molecule has 0 atom stereocenters. The van der Waals surface area contributed by atoms with Crippen LogP contribution in [0, 0.1) is 0 Å². The lowest BCUT2D eigenvalue weighted by molar-refractivity contribution is -0.135. The largest absolute Gasteiger partial charge is 0.478 e. The first-order valence-electron chi connectivity index (χ1n) is 11.5. The monoisotopic (exact) mass is 510 g/mol. The summed E-state index contributed by atoms with van der Waals surface area (Å²) in [5, 5.41) is 38.9. The molecule has 3 aromatic carbocycles. The maximum Gasteiger partial charge on any atom is 0.336 e. The summed E-state index contributed by atoms with van der Waals surface area (Å²) in [7, 11) is 0. The minimum Gasteiger partial charge on any atom is -0.478 e. The second-order valence-corrected chi connectivity index (χ2v) is 8.54. The molecule has 190 valence electrons. The zero-order valence-corrected chi connectivity index (χ0v) is 20.1. The number of allylic oxidation sites excluding steroid dienone is 2. The van der Waals surface area contributed by atoms with Crippen LogP contribution >= 0.6 is 0 Å². The quantitative estimate of drug-likeness (QED) is 0.244. The molecule has 0 saturated heterocycles. The molecule has 4 rings (SSSR count). The minimum absolute atomic E-state index is 0.376. The van der Waals surface area contributed by atoms with Gasteiger partial charge in [0, 0.05) is 0 Å². The number of fused-ring (bicyclic) bond motifs is 3. The van der Waals surface area contributed by atoms with Gasteiger partial charge in [-0.05, 0) is 52.9 Å². The third-order valence-corrected chi connectivity index (χ3v) is 6.51. The number of carboxylic acids is 4. The fourth-order valence-corrected chi connectivity index (χ4v) is 4.94. The molecule has 1 aliphatic carbocycles. The number of hydrogen-bond donors (Lipinski definition) is 4. The lowest BCUT2D eigenvalue weighted by atomic mass is 9.71. The van der Waals surface area contributed by atoms with Crippen molar-refractivity contribution in [3.05, 3.63) is 130 Å². The van der Waals surface area contributed by atoms with Crippen molar-refractivity contribution in [2.75, 3.05) is 0 Å². The third kappa shape index (κ3) is 4.18. The average molecular weight is 510 g/mol. The smallest absolute Gasteiger partial charge is 0.336 e. The van der Waals surface area contributed by atoms with E-state index in [2.05, 4.69) is 0 Å². The van der Waals surface area contributed by atoms with Crippen LogP contribution in [0.2, 0.25) is 0 Å². The van der Waals surface area contributed by atoms with Crippen LogP contribution in [0.1, 0.15) is 44.3 Å². The van der Waals surface area contributed by atoms with Crippen LogP contribution in [0.3, 0.4) is 0 Å². The van der Waals surface area contributed by atoms with E-state index in [9.17, 15) is 39.6 Å². The Kier molecular flexibility index (Phi) is 6.81. The normalized spacial score (nSPS) is 14.1. The van der Waals surface area contributed by atoms with Crippen molar-refractivity contribution < 1.29 is 39.6 Å². The van der Waals surface area contributed by atoms with Crippen molar-refractivity contribution in [1.29, 1.82) is 0 Å². The fourth-order valence-electron chi connectivity index (χ4n) is 4.94. The highest BCUT2D eigenvalue weighted by Gasteiger charge is 2.43. The number of benzene rings is 3.